The third kappa shape index (κ3) is 1.85. The topological polar surface area (TPSA) is 32.3 Å². The largest absolute Gasteiger partial charge is 0.339 e. The zero-order valence-corrected chi connectivity index (χ0v) is 9.27. The first kappa shape index (κ1) is 10.5. The molecular formula is C10H20N2O. The number of nitrogens with zero attached hydrogens (tertiary/aromatic N) is 1. The molecule has 3 nitrogen and oxygen atoms in total. The van der Waals surface area contributed by atoms with E-state index in [1.807, 2.05) is 25.8 Å². The minimum Gasteiger partial charge on any atom is -0.339 e. The van der Waals surface area contributed by atoms with Crippen molar-refractivity contribution in [3.05, 3.63) is 0 Å². The number of likely N-dealkylation sites (N-methyl/N-ethyl adjacent to an activating group) is 1. The predicted molar refractivity (Wildman–Crippen MR) is 53.5 cm³/mol. The molecule has 0 aromatic heterocycles. The van der Waals surface area contributed by atoms with Gasteiger partial charge in [0.2, 0.25) is 5.91 Å². The second-order valence-electron chi connectivity index (χ2n) is 5.16. The number of hydrogen-bond donors (Lipinski definition) is 1. The number of nitrogens with one attached hydrogen (secondary N) is 1. The van der Waals surface area contributed by atoms with Gasteiger partial charge in [0.05, 0.1) is 5.41 Å². The van der Waals surface area contributed by atoms with Crippen molar-refractivity contribution in [3.63, 3.8) is 0 Å². The molecule has 1 heterocycles. The van der Waals surface area contributed by atoms with Gasteiger partial charge in [-0.3, -0.25) is 4.79 Å². The number of rotatable bonds is 0. The molecule has 1 fully saturated rings. The van der Waals surface area contributed by atoms with E-state index in [-0.39, 0.29) is 16.9 Å². The van der Waals surface area contributed by atoms with Crippen molar-refractivity contribution in [2.75, 3.05) is 20.1 Å². The number of carbonyl (C=O) groups is 1. The molecule has 3 heteroatoms. The van der Waals surface area contributed by atoms with Gasteiger partial charge in [-0.1, -0.05) is 0 Å². The molecule has 1 N–H and O–H groups in total. The quantitative estimate of drug-likeness (QED) is 0.605. The Morgan fingerprint density at radius 1 is 1.23 bits per heavy atom. The molecule has 1 aliphatic heterocycles. The SMILES string of the molecule is CN1C(=O)C(C)(C)CNCC1(C)C. The fourth-order valence-corrected chi connectivity index (χ4v) is 1.60. The van der Waals surface area contributed by atoms with Gasteiger partial charge in [0, 0.05) is 25.7 Å². The Hall–Kier alpha value is -0.570. The van der Waals surface area contributed by atoms with Gasteiger partial charge in [-0.25, -0.2) is 0 Å². The molecule has 1 aliphatic rings. The van der Waals surface area contributed by atoms with Crippen molar-refractivity contribution in [2.24, 2.45) is 5.41 Å². The van der Waals surface area contributed by atoms with E-state index in [0.29, 0.717) is 0 Å². The monoisotopic (exact) mass is 184 g/mol. The average Bonchev–Trinajstić information content (AvgIpc) is 2.04. The van der Waals surface area contributed by atoms with Gasteiger partial charge in [0.25, 0.3) is 0 Å². The third-order valence-corrected chi connectivity index (χ3v) is 2.92. The maximum Gasteiger partial charge on any atom is 0.229 e. The molecule has 0 bridgehead atoms. The second kappa shape index (κ2) is 2.98. The first-order chi connectivity index (χ1) is 5.77. The molecule has 0 radical (unpaired) electrons. The summed E-state index contributed by atoms with van der Waals surface area (Å²) in [5.41, 5.74) is -0.354. The smallest absolute Gasteiger partial charge is 0.229 e. The van der Waals surface area contributed by atoms with Gasteiger partial charge < -0.3 is 10.2 Å². The van der Waals surface area contributed by atoms with Crippen molar-refractivity contribution >= 4 is 5.91 Å². The van der Waals surface area contributed by atoms with Crippen molar-refractivity contribution in [1.29, 1.82) is 0 Å². The number of amides is 1. The molecular weight excluding hydrogens is 164 g/mol. The van der Waals surface area contributed by atoms with E-state index in [4.69, 9.17) is 0 Å². The van der Waals surface area contributed by atoms with Gasteiger partial charge in [-0.2, -0.15) is 0 Å². The highest BCUT2D eigenvalue weighted by molar-refractivity contribution is 5.83. The zero-order valence-electron chi connectivity index (χ0n) is 9.27. The third-order valence-electron chi connectivity index (χ3n) is 2.92. The van der Waals surface area contributed by atoms with Gasteiger partial charge in [-0.15, -0.1) is 0 Å². The molecule has 0 aromatic carbocycles. The summed E-state index contributed by atoms with van der Waals surface area (Å²) in [6.45, 7) is 9.76. The van der Waals surface area contributed by atoms with Crippen LogP contribution in [0.25, 0.3) is 0 Å². The fourth-order valence-electron chi connectivity index (χ4n) is 1.60. The molecule has 0 atom stereocenters. The average molecular weight is 184 g/mol. The van der Waals surface area contributed by atoms with Crippen molar-refractivity contribution in [3.8, 4) is 0 Å². The lowest BCUT2D eigenvalue weighted by Crippen LogP contribution is -2.50. The minimum absolute atomic E-state index is 0.0785. The summed E-state index contributed by atoms with van der Waals surface area (Å²) in [4.78, 5) is 13.8. The summed E-state index contributed by atoms with van der Waals surface area (Å²) in [6.07, 6.45) is 0. The second-order valence-corrected chi connectivity index (χ2v) is 5.16. The molecule has 0 saturated carbocycles. The van der Waals surface area contributed by atoms with Crippen LogP contribution in [0.4, 0.5) is 0 Å². The Labute approximate surface area is 80.5 Å². The van der Waals surface area contributed by atoms with Crippen LogP contribution in [0.2, 0.25) is 0 Å². The van der Waals surface area contributed by atoms with E-state index in [1.165, 1.54) is 0 Å². The molecule has 0 aromatic rings. The first-order valence-corrected chi connectivity index (χ1v) is 4.76. The summed E-state index contributed by atoms with van der Waals surface area (Å²) in [5.74, 6) is 0.225. The molecule has 0 spiro atoms. The van der Waals surface area contributed by atoms with Crippen LogP contribution in [0.5, 0.6) is 0 Å². The summed E-state index contributed by atoms with van der Waals surface area (Å²) in [7, 11) is 1.89. The molecule has 76 valence electrons. The standard InChI is InChI=1S/C10H20N2O/c1-9(2)6-11-7-10(3,4)12(5)8(9)13/h11H,6-7H2,1-5H3. The minimum atomic E-state index is -0.275. The molecule has 0 aliphatic carbocycles. The van der Waals surface area contributed by atoms with Crippen LogP contribution in [0.1, 0.15) is 27.7 Å². The van der Waals surface area contributed by atoms with Crippen LogP contribution in [0, 0.1) is 5.41 Å². The number of carbonyl (C=O) groups excluding carboxylic acids is 1. The van der Waals surface area contributed by atoms with Gasteiger partial charge in [0.15, 0.2) is 0 Å². The Morgan fingerprint density at radius 2 is 1.77 bits per heavy atom. The van der Waals surface area contributed by atoms with Crippen LogP contribution in [0.3, 0.4) is 0 Å². The molecule has 1 rings (SSSR count). The van der Waals surface area contributed by atoms with E-state index in [0.717, 1.165) is 13.1 Å². The van der Waals surface area contributed by atoms with Crippen molar-refractivity contribution in [1.82, 2.24) is 10.2 Å². The lowest BCUT2D eigenvalue weighted by Gasteiger charge is -2.36. The first-order valence-electron chi connectivity index (χ1n) is 4.76. The Kier molecular flexibility index (Phi) is 2.41. The summed E-state index contributed by atoms with van der Waals surface area (Å²) >= 11 is 0. The van der Waals surface area contributed by atoms with E-state index in [1.54, 1.807) is 0 Å². The Bertz CT molecular complexity index is 221. The number of hydrogen-bond acceptors (Lipinski definition) is 2. The van der Waals surface area contributed by atoms with Crippen LogP contribution in [-0.2, 0) is 4.79 Å². The molecule has 13 heavy (non-hydrogen) atoms. The van der Waals surface area contributed by atoms with Crippen LogP contribution >= 0.6 is 0 Å². The highest BCUT2D eigenvalue weighted by Crippen LogP contribution is 2.25. The zero-order chi connectivity index (χ0) is 10.3. The highest BCUT2D eigenvalue weighted by Gasteiger charge is 2.39. The van der Waals surface area contributed by atoms with E-state index < -0.39 is 0 Å². The predicted octanol–water partition coefficient (Wildman–Crippen LogP) is 0.853. The maximum atomic E-state index is 12.0. The lowest BCUT2D eigenvalue weighted by atomic mass is 9.91. The van der Waals surface area contributed by atoms with Gasteiger partial charge in [-0.05, 0) is 27.7 Å². The Morgan fingerprint density at radius 3 is 2.31 bits per heavy atom. The van der Waals surface area contributed by atoms with E-state index in [2.05, 4.69) is 19.2 Å². The maximum absolute atomic E-state index is 12.0. The lowest BCUT2D eigenvalue weighted by molar-refractivity contribution is -0.141. The summed E-state index contributed by atoms with van der Waals surface area (Å²) < 4.78 is 0. The molecule has 1 saturated heterocycles. The fraction of sp³-hybridized carbons (Fsp3) is 0.900. The molecule has 1 amide bonds. The normalized spacial score (nSPS) is 27.2. The van der Waals surface area contributed by atoms with E-state index in [9.17, 15) is 4.79 Å². The van der Waals surface area contributed by atoms with Crippen LogP contribution < -0.4 is 5.32 Å². The highest BCUT2D eigenvalue weighted by atomic mass is 16.2. The summed E-state index contributed by atoms with van der Waals surface area (Å²) in [5, 5.41) is 3.33. The van der Waals surface area contributed by atoms with Crippen LogP contribution in [-0.4, -0.2) is 36.5 Å². The van der Waals surface area contributed by atoms with Gasteiger partial charge >= 0.3 is 0 Å². The molecule has 0 unspecified atom stereocenters. The summed E-state index contributed by atoms with van der Waals surface area (Å²) in [6, 6.07) is 0. The van der Waals surface area contributed by atoms with Crippen molar-refractivity contribution < 1.29 is 4.79 Å². The Balaban J connectivity index is 2.94. The van der Waals surface area contributed by atoms with Gasteiger partial charge in [0.1, 0.15) is 0 Å². The van der Waals surface area contributed by atoms with Crippen LogP contribution in [0.15, 0.2) is 0 Å². The van der Waals surface area contributed by atoms with E-state index >= 15 is 0 Å². The van der Waals surface area contributed by atoms with Crippen molar-refractivity contribution in [2.45, 2.75) is 33.2 Å².